The number of aliphatic carboxylic acids is 1. The van der Waals surface area contributed by atoms with Crippen molar-refractivity contribution < 1.29 is 9.90 Å². The van der Waals surface area contributed by atoms with Crippen molar-refractivity contribution in [1.82, 2.24) is 15.2 Å². The highest BCUT2D eigenvalue weighted by atomic mass is 35.5. The topological polar surface area (TPSA) is 65.5 Å². The zero-order valence-electron chi connectivity index (χ0n) is 9.23. The van der Waals surface area contributed by atoms with E-state index in [9.17, 15) is 9.90 Å². The fourth-order valence-corrected chi connectivity index (χ4v) is 2.99. The van der Waals surface area contributed by atoms with Gasteiger partial charge in [-0.1, -0.05) is 11.6 Å². The van der Waals surface area contributed by atoms with Gasteiger partial charge in [0, 0.05) is 19.6 Å². The lowest BCUT2D eigenvalue weighted by Gasteiger charge is -2.25. The second-order valence-corrected chi connectivity index (χ2v) is 5.58. The molecule has 1 atom stereocenters. The van der Waals surface area contributed by atoms with Crippen molar-refractivity contribution in [2.75, 3.05) is 26.2 Å². The van der Waals surface area contributed by atoms with Crippen molar-refractivity contribution in [3.05, 3.63) is 15.5 Å². The Hall–Kier alpha value is -0.690. The molecule has 17 heavy (non-hydrogen) atoms. The second-order valence-electron chi connectivity index (χ2n) is 3.88. The number of rotatable bonds is 3. The monoisotopic (exact) mass is 275 g/mol. The molecule has 0 spiro atoms. The summed E-state index contributed by atoms with van der Waals surface area (Å²) in [5.41, 5.74) is 0. The SMILES string of the molecule is O=C(O)C(c1ncc(Cl)s1)N1CCCNCC1. The smallest absolute Gasteiger partial charge is 0.328 e. The minimum atomic E-state index is -0.863. The summed E-state index contributed by atoms with van der Waals surface area (Å²) in [6.45, 7) is 3.22. The maximum absolute atomic E-state index is 11.4. The predicted molar refractivity (Wildman–Crippen MR) is 66.6 cm³/mol. The van der Waals surface area contributed by atoms with E-state index in [1.165, 1.54) is 17.5 Å². The predicted octanol–water partition coefficient (Wildman–Crippen LogP) is 1.22. The van der Waals surface area contributed by atoms with Crippen LogP contribution in [0, 0.1) is 0 Å². The van der Waals surface area contributed by atoms with Gasteiger partial charge < -0.3 is 10.4 Å². The second kappa shape index (κ2) is 5.77. The number of thiazole rings is 1. The summed E-state index contributed by atoms with van der Waals surface area (Å²) in [6, 6.07) is -0.674. The molecule has 1 aliphatic rings. The average molecular weight is 276 g/mol. The molecule has 0 radical (unpaired) electrons. The van der Waals surface area contributed by atoms with Gasteiger partial charge in [-0.25, -0.2) is 4.98 Å². The molecule has 94 valence electrons. The van der Waals surface area contributed by atoms with Crippen molar-refractivity contribution in [2.24, 2.45) is 0 Å². The number of carboxylic acid groups (broad SMARTS) is 1. The molecule has 0 saturated carbocycles. The first-order chi connectivity index (χ1) is 8.18. The Labute approximate surface area is 108 Å². The van der Waals surface area contributed by atoms with Gasteiger partial charge in [-0.05, 0) is 13.0 Å². The summed E-state index contributed by atoms with van der Waals surface area (Å²) < 4.78 is 0.527. The molecule has 1 saturated heterocycles. The Morgan fingerprint density at radius 1 is 1.59 bits per heavy atom. The number of hydrogen-bond acceptors (Lipinski definition) is 5. The fraction of sp³-hybridized carbons (Fsp3) is 0.600. The molecule has 2 N–H and O–H groups in total. The van der Waals surface area contributed by atoms with E-state index < -0.39 is 12.0 Å². The van der Waals surface area contributed by atoms with Gasteiger partial charge in [0.05, 0.1) is 6.20 Å². The Balaban J connectivity index is 2.18. The van der Waals surface area contributed by atoms with Crippen LogP contribution in [0.4, 0.5) is 0 Å². The maximum Gasteiger partial charge on any atom is 0.328 e. The molecule has 1 fully saturated rings. The highest BCUT2D eigenvalue weighted by Crippen LogP contribution is 2.28. The van der Waals surface area contributed by atoms with Gasteiger partial charge >= 0.3 is 5.97 Å². The first-order valence-electron chi connectivity index (χ1n) is 5.47. The average Bonchev–Trinajstić information content (AvgIpc) is 2.53. The number of carbonyl (C=O) groups is 1. The lowest BCUT2D eigenvalue weighted by Crippen LogP contribution is -2.36. The molecule has 0 aliphatic carbocycles. The third-order valence-electron chi connectivity index (χ3n) is 2.70. The van der Waals surface area contributed by atoms with E-state index in [2.05, 4.69) is 10.3 Å². The van der Waals surface area contributed by atoms with Crippen molar-refractivity contribution >= 4 is 28.9 Å². The van der Waals surface area contributed by atoms with Crippen LogP contribution in [0.25, 0.3) is 0 Å². The van der Waals surface area contributed by atoms with E-state index >= 15 is 0 Å². The van der Waals surface area contributed by atoms with E-state index in [1.54, 1.807) is 0 Å². The quantitative estimate of drug-likeness (QED) is 0.868. The lowest BCUT2D eigenvalue weighted by atomic mass is 10.2. The molecular formula is C10H14ClN3O2S. The van der Waals surface area contributed by atoms with E-state index in [0.717, 1.165) is 26.1 Å². The van der Waals surface area contributed by atoms with E-state index in [0.29, 0.717) is 15.9 Å². The highest BCUT2D eigenvalue weighted by molar-refractivity contribution is 7.16. The van der Waals surface area contributed by atoms with Gasteiger partial charge in [0.15, 0.2) is 6.04 Å². The standard InChI is InChI=1S/C10H14ClN3O2S/c11-7-6-13-9(17-7)8(10(15)16)14-4-1-2-12-3-5-14/h6,8,12H,1-5H2,(H,15,16). The Morgan fingerprint density at radius 2 is 2.41 bits per heavy atom. The van der Waals surface area contributed by atoms with Gasteiger partial charge in [0.2, 0.25) is 0 Å². The summed E-state index contributed by atoms with van der Waals surface area (Å²) in [5.74, 6) is -0.863. The molecule has 2 rings (SSSR count). The van der Waals surface area contributed by atoms with Crippen LogP contribution in [0.15, 0.2) is 6.20 Å². The number of nitrogens with zero attached hydrogens (tertiary/aromatic N) is 2. The summed E-state index contributed by atoms with van der Waals surface area (Å²) in [4.78, 5) is 17.4. The minimum Gasteiger partial charge on any atom is -0.480 e. The van der Waals surface area contributed by atoms with E-state index in [-0.39, 0.29) is 0 Å². The molecule has 1 aromatic rings. The van der Waals surface area contributed by atoms with Gasteiger partial charge in [-0.3, -0.25) is 9.69 Å². The van der Waals surface area contributed by atoms with Crippen LogP contribution in [0.2, 0.25) is 4.34 Å². The number of aromatic nitrogens is 1. The zero-order valence-corrected chi connectivity index (χ0v) is 10.8. The summed E-state index contributed by atoms with van der Waals surface area (Å²) in [7, 11) is 0. The summed E-state index contributed by atoms with van der Waals surface area (Å²) in [5, 5.41) is 13.2. The maximum atomic E-state index is 11.4. The van der Waals surface area contributed by atoms with Gasteiger partial charge in [-0.15, -0.1) is 11.3 Å². The van der Waals surface area contributed by atoms with Crippen molar-refractivity contribution in [2.45, 2.75) is 12.5 Å². The molecule has 7 heteroatoms. The van der Waals surface area contributed by atoms with Crippen LogP contribution in [-0.4, -0.2) is 47.1 Å². The number of hydrogen-bond donors (Lipinski definition) is 2. The molecule has 2 heterocycles. The summed E-state index contributed by atoms with van der Waals surface area (Å²) in [6.07, 6.45) is 2.45. The van der Waals surface area contributed by atoms with Crippen LogP contribution in [0.5, 0.6) is 0 Å². The van der Waals surface area contributed by atoms with E-state index in [1.807, 2.05) is 4.90 Å². The van der Waals surface area contributed by atoms with Crippen molar-refractivity contribution in [3.63, 3.8) is 0 Å². The van der Waals surface area contributed by atoms with Gasteiger partial charge in [0.25, 0.3) is 0 Å². The number of halogens is 1. The first kappa shape index (κ1) is 12.8. The van der Waals surface area contributed by atoms with Crippen LogP contribution < -0.4 is 5.32 Å². The fourth-order valence-electron chi connectivity index (χ4n) is 1.94. The van der Waals surface area contributed by atoms with Crippen LogP contribution >= 0.6 is 22.9 Å². The molecule has 1 unspecified atom stereocenters. The third-order valence-corrected chi connectivity index (χ3v) is 3.87. The van der Waals surface area contributed by atoms with Crippen LogP contribution in [-0.2, 0) is 4.79 Å². The molecule has 1 aromatic heterocycles. The zero-order chi connectivity index (χ0) is 12.3. The number of nitrogens with one attached hydrogen (secondary N) is 1. The normalized spacial score (nSPS) is 19.8. The Bertz CT molecular complexity index is 391. The Morgan fingerprint density at radius 3 is 3.06 bits per heavy atom. The molecule has 1 aliphatic heterocycles. The lowest BCUT2D eigenvalue weighted by molar-refractivity contribution is -0.143. The van der Waals surface area contributed by atoms with Crippen LogP contribution in [0.1, 0.15) is 17.5 Å². The molecule has 0 bridgehead atoms. The molecule has 5 nitrogen and oxygen atoms in total. The van der Waals surface area contributed by atoms with Crippen LogP contribution in [0.3, 0.4) is 0 Å². The Kier molecular flexibility index (Phi) is 4.33. The van der Waals surface area contributed by atoms with Crippen molar-refractivity contribution in [3.8, 4) is 0 Å². The third kappa shape index (κ3) is 3.16. The minimum absolute atomic E-state index is 0.527. The van der Waals surface area contributed by atoms with Crippen molar-refractivity contribution in [1.29, 1.82) is 0 Å². The number of carboxylic acids is 1. The highest BCUT2D eigenvalue weighted by Gasteiger charge is 2.30. The molecule has 0 amide bonds. The largest absolute Gasteiger partial charge is 0.480 e. The summed E-state index contributed by atoms with van der Waals surface area (Å²) >= 11 is 7.05. The molecule has 0 aromatic carbocycles. The molecular weight excluding hydrogens is 262 g/mol. The first-order valence-corrected chi connectivity index (χ1v) is 6.67. The van der Waals surface area contributed by atoms with E-state index in [4.69, 9.17) is 11.6 Å². The van der Waals surface area contributed by atoms with Gasteiger partial charge in [-0.2, -0.15) is 0 Å². The van der Waals surface area contributed by atoms with Gasteiger partial charge in [0.1, 0.15) is 9.34 Å².